The first-order valence-corrected chi connectivity index (χ1v) is 31.1. The fraction of sp³-hybridized carbons (Fsp3) is 0.0952. The lowest BCUT2D eigenvalue weighted by molar-refractivity contribution is 0.590. The van der Waals surface area contributed by atoms with Crippen molar-refractivity contribution in [2.24, 2.45) is 0 Å². The van der Waals surface area contributed by atoms with Gasteiger partial charge in [-0.25, -0.2) is 9.97 Å². The molecule has 0 saturated heterocycles. The summed E-state index contributed by atoms with van der Waals surface area (Å²) in [5.41, 5.74) is 29.6. The van der Waals surface area contributed by atoms with E-state index in [4.69, 9.17) is 9.97 Å². The van der Waals surface area contributed by atoms with Gasteiger partial charge in [0.2, 0.25) is 0 Å². The van der Waals surface area contributed by atoms with E-state index in [1.807, 2.05) is 0 Å². The minimum Gasteiger partial charge on any atom is -0.311 e. The maximum absolute atomic E-state index is 5.78. The van der Waals surface area contributed by atoms with Crippen LogP contribution >= 0.6 is 0 Å². The molecule has 4 heterocycles. The highest BCUT2D eigenvalue weighted by Crippen LogP contribution is 2.52. The molecule has 0 saturated carbocycles. The Labute approximate surface area is 524 Å². The van der Waals surface area contributed by atoms with Crippen LogP contribution in [0.1, 0.15) is 52.7 Å². The van der Waals surface area contributed by atoms with Crippen LogP contribution in [0.2, 0.25) is 0 Å². The van der Waals surface area contributed by atoms with Crippen LogP contribution in [-0.4, -0.2) is 16.7 Å². The second-order valence-electron chi connectivity index (χ2n) is 25.8. The van der Waals surface area contributed by atoms with E-state index in [-0.39, 0.29) is 17.5 Å². The topological polar surface area (TPSA) is 32.3 Å². The van der Waals surface area contributed by atoms with E-state index in [0.717, 1.165) is 113 Å². The van der Waals surface area contributed by atoms with Gasteiger partial charge in [-0.2, -0.15) is 0 Å². The second-order valence-corrected chi connectivity index (χ2v) is 25.8. The zero-order valence-corrected chi connectivity index (χ0v) is 51.2. The van der Waals surface area contributed by atoms with Crippen molar-refractivity contribution in [3.05, 3.63) is 308 Å². The van der Waals surface area contributed by atoms with Gasteiger partial charge in [0, 0.05) is 45.0 Å². The van der Waals surface area contributed by atoms with Gasteiger partial charge in [0.05, 0.1) is 34.2 Å². The van der Waals surface area contributed by atoms with Crippen LogP contribution in [0.4, 0.5) is 34.1 Å². The first-order valence-electron chi connectivity index (χ1n) is 31.1. The molecule has 0 radical (unpaired) electrons. The van der Waals surface area contributed by atoms with Crippen molar-refractivity contribution < 1.29 is 0 Å². The summed E-state index contributed by atoms with van der Waals surface area (Å²) in [4.78, 5) is 16.7. The van der Waals surface area contributed by atoms with Gasteiger partial charge in [-0.05, 0) is 150 Å². The van der Waals surface area contributed by atoms with E-state index < -0.39 is 0 Å². The second kappa shape index (κ2) is 22.3. The van der Waals surface area contributed by atoms with Crippen molar-refractivity contribution in [1.82, 2.24) is 9.97 Å². The molecule has 11 aromatic carbocycles. The van der Waals surface area contributed by atoms with E-state index in [9.17, 15) is 0 Å². The zero-order valence-electron chi connectivity index (χ0n) is 51.2. The van der Waals surface area contributed by atoms with Crippen molar-refractivity contribution in [2.45, 2.75) is 52.4 Å². The molecule has 0 unspecified atom stereocenters. The van der Waals surface area contributed by atoms with Crippen molar-refractivity contribution >= 4 is 57.2 Å². The predicted octanol–water partition coefficient (Wildman–Crippen LogP) is 20.5. The van der Waals surface area contributed by atoms with Crippen LogP contribution in [0.5, 0.6) is 0 Å². The van der Waals surface area contributed by atoms with Gasteiger partial charge in [-0.1, -0.05) is 272 Å². The molecule has 0 bridgehead atoms. The van der Waals surface area contributed by atoms with Gasteiger partial charge in [0.25, 0.3) is 6.71 Å². The van der Waals surface area contributed by atoms with Crippen LogP contribution < -0.4 is 26.2 Å². The smallest absolute Gasteiger partial charge is 0.252 e. The number of pyridine rings is 2. The lowest BCUT2D eigenvalue weighted by Crippen LogP contribution is -2.61. The molecular formula is C84H67BN4. The average Bonchev–Trinajstić information content (AvgIpc) is 0.731. The molecule has 426 valence electrons. The summed E-state index contributed by atoms with van der Waals surface area (Å²) in [5.74, 6) is 0. The van der Waals surface area contributed by atoms with E-state index in [0.29, 0.717) is 0 Å². The molecule has 5 heteroatoms. The van der Waals surface area contributed by atoms with Crippen molar-refractivity contribution in [3.63, 3.8) is 0 Å². The molecule has 2 aromatic heterocycles. The molecule has 2 aliphatic heterocycles. The maximum atomic E-state index is 5.78. The Balaban J connectivity index is 1.08. The van der Waals surface area contributed by atoms with Gasteiger partial charge >= 0.3 is 0 Å². The van der Waals surface area contributed by atoms with Crippen LogP contribution in [0.3, 0.4) is 0 Å². The lowest BCUT2D eigenvalue weighted by Gasteiger charge is -2.46. The molecule has 0 fully saturated rings. The van der Waals surface area contributed by atoms with E-state index in [1.165, 1.54) is 38.6 Å². The van der Waals surface area contributed by atoms with Gasteiger partial charge in [0.15, 0.2) is 0 Å². The fourth-order valence-corrected chi connectivity index (χ4v) is 13.3. The predicted molar refractivity (Wildman–Crippen MR) is 377 cm³/mol. The number of fused-ring (bicyclic) bond motifs is 4. The minimum atomic E-state index is -0.267. The quantitative estimate of drug-likeness (QED) is 0.128. The molecular weight excluding hydrogens is 1080 g/mol. The van der Waals surface area contributed by atoms with E-state index in [1.54, 1.807) is 0 Å². The summed E-state index contributed by atoms with van der Waals surface area (Å²) in [6.45, 7) is 13.3. The average molecular weight is 1140 g/mol. The SMILES string of the molecule is CC(C)(C)c1ccc(-c2cccc(-c3cc(-c4cccc(-c5ccc(C(C)(C)C)cc5)n4)c4c5c3N(c3ccc(-c6ccccc6)cc3)c3ccc(-c6ccccc6)cc3B5c3cc(-c5ccccc5)ccc3N4c3ccc(-c4ccccc4)cc3)n2)cc1. The summed E-state index contributed by atoms with van der Waals surface area (Å²) >= 11 is 0. The minimum absolute atomic E-state index is 0.00691. The molecule has 0 atom stereocenters. The van der Waals surface area contributed by atoms with Gasteiger partial charge in [0.1, 0.15) is 0 Å². The summed E-state index contributed by atoms with van der Waals surface area (Å²) in [7, 11) is 0. The molecule has 0 aliphatic carbocycles. The first-order chi connectivity index (χ1) is 43.4. The molecule has 4 nitrogen and oxygen atoms in total. The number of nitrogens with zero attached hydrogens (tertiary/aromatic N) is 4. The monoisotopic (exact) mass is 1140 g/mol. The van der Waals surface area contributed by atoms with E-state index in [2.05, 4.69) is 349 Å². The van der Waals surface area contributed by atoms with Gasteiger partial charge < -0.3 is 9.80 Å². The van der Waals surface area contributed by atoms with Crippen LogP contribution in [0.25, 0.3) is 89.5 Å². The Morgan fingerprint density at radius 3 is 0.921 bits per heavy atom. The highest BCUT2D eigenvalue weighted by Gasteiger charge is 2.46. The third kappa shape index (κ3) is 10.2. The standard InChI is InChI=1S/C84H67BN4/c1-83(2,3)66-43-33-62(34-44-66)74-29-19-31-76(86-74)70-55-71(77-32-20-30-75(87-77)63-35-45-67(46-36-63)84(4,5)6)82-80-81(70)88(68-47-37-60(38-48-68)56-21-11-7-12-22-56)78-51-41-64(58-25-15-9-16-26-58)53-72(78)85(80)73-54-65(59-27-17-10-18-28-59)42-52-79(73)89(82)69-49-39-61(40-50-69)57-23-13-8-14-24-57/h7-55H,1-6H3. The Morgan fingerprint density at radius 1 is 0.270 bits per heavy atom. The molecule has 0 spiro atoms. The molecule has 13 aromatic rings. The molecule has 15 rings (SSSR count). The highest BCUT2D eigenvalue weighted by atomic mass is 15.2. The van der Waals surface area contributed by atoms with Crippen molar-refractivity contribution in [1.29, 1.82) is 0 Å². The van der Waals surface area contributed by atoms with Gasteiger partial charge in [-0.3, -0.25) is 0 Å². The fourth-order valence-electron chi connectivity index (χ4n) is 13.3. The number of anilines is 6. The number of benzene rings is 11. The zero-order chi connectivity index (χ0) is 60.4. The summed E-state index contributed by atoms with van der Waals surface area (Å²) < 4.78 is 0. The summed E-state index contributed by atoms with van der Waals surface area (Å²) in [6, 6.07) is 109. The molecule has 89 heavy (non-hydrogen) atoms. The van der Waals surface area contributed by atoms with Crippen LogP contribution in [0.15, 0.2) is 297 Å². The Kier molecular flexibility index (Phi) is 13.8. The largest absolute Gasteiger partial charge is 0.311 e. The van der Waals surface area contributed by atoms with Gasteiger partial charge in [-0.15, -0.1) is 0 Å². The highest BCUT2D eigenvalue weighted by molar-refractivity contribution is 7.00. The third-order valence-corrected chi connectivity index (χ3v) is 18.0. The van der Waals surface area contributed by atoms with Crippen molar-refractivity contribution in [3.8, 4) is 89.5 Å². The summed E-state index contributed by atoms with van der Waals surface area (Å²) in [5, 5.41) is 0. The Hall–Kier alpha value is -10.6. The molecule has 0 amide bonds. The third-order valence-electron chi connectivity index (χ3n) is 18.0. The van der Waals surface area contributed by atoms with Crippen LogP contribution in [-0.2, 0) is 10.8 Å². The Bertz CT molecular complexity index is 4440. The lowest BCUT2D eigenvalue weighted by atomic mass is 9.33. The Morgan fingerprint density at radius 2 is 0.573 bits per heavy atom. The normalized spacial score (nSPS) is 12.5. The maximum Gasteiger partial charge on any atom is 0.252 e. The number of rotatable bonds is 10. The summed E-state index contributed by atoms with van der Waals surface area (Å²) in [6.07, 6.45) is 0. The van der Waals surface area contributed by atoms with E-state index >= 15 is 0 Å². The number of aromatic nitrogens is 2. The molecule has 2 aliphatic rings. The number of hydrogen-bond acceptors (Lipinski definition) is 4. The van der Waals surface area contributed by atoms with Crippen molar-refractivity contribution in [2.75, 3.05) is 9.80 Å². The molecule has 0 N–H and O–H groups in total. The first kappa shape index (κ1) is 55.0. The van der Waals surface area contributed by atoms with Crippen LogP contribution in [0, 0.1) is 0 Å². The number of hydrogen-bond donors (Lipinski definition) is 0.